The molecule has 0 bridgehead atoms. The fraction of sp³-hybridized carbons (Fsp3) is 0.526. The van der Waals surface area contributed by atoms with E-state index in [1.807, 2.05) is 43.1 Å². The normalized spacial score (nSPS) is 16.6. The minimum atomic E-state index is -0.570. The lowest BCUT2D eigenvalue weighted by atomic mass is 9.82. The standard InChI is InChI=1S/C19H27N3O2/c1-5-21-8-10-22(11-9-21)18(23)19(2,3)16-13-20-17-7-6-14(24-4)12-15(16)17/h6-7,12-13,20H,5,8-11H2,1-4H3. The first-order chi connectivity index (χ1) is 11.5. The summed E-state index contributed by atoms with van der Waals surface area (Å²) in [6.07, 6.45) is 1.96. The van der Waals surface area contributed by atoms with Crippen molar-refractivity contribution in [2.45, 2.75) is 26.2 Å². The maximum Gasteiger partial charge on any atom is 0.232 e. The second-order valence-electron chi connectivity index (χ2n) is 6.97. The van der Waals surface area contributed by atoms with Gasteiger partial charge in [0.1, 0.15) is 5.75 Å². The van der Waals surface area contributed by atoms with E-state index in [9.17, 15) is 4.79 Å². The van der Waals surface area contributed by atoms with E-state index >= 15 is 0 Å². The van der Waals surface area contributed by atoms with Crippen LogP contribution in [0.5, 0.6) is 5.75 Å². The molecule has 0 atom stereocenters. The van der Waals surface area contributed by atoms with Crippen molar-refractivity contribution in [3.63, 3.8) is 0 Å². The fourth-order valence-corrected chi connectivity index (χ4v) is 3.52. The predicted molar refractivity (Wildman–Crippen MR) is 96.6 cm³/mol. The Hall–Kier alpha value is -2.01. The first kappa shape index (κ1) is 16.8. The molecule has 1 aliphatic heterocycles. The maximum absolute atomic E-state index is 13.2. The molecule has 130 valence electrons. The van der Waals surface area contributed by atoms with Gasteiger partial charge in [-0.25, -0.2) is 0 Å². The molecular formula is C19H27N3O2. The number of amides is 1. The summed E-state index contributed by atoms with van der Waals surface area (Å²) >= 11 is 0. The quantitative estimate of drug-likeness (QED) is 0.938. The SMILES string of the molecule is CCN1CCN(C(=O)C(C)(C)c2c[nH]c3ccc(OC)cc23)CC1. The topological polar surface area (TPSA) is 48.6 Å². The van der Waals surface area contributed by atoms with Gasteiger partial charge >= 0.3 is 0 Å². The molecule has 2 aromatic rings. The smallest absolute Gasteiger partial charge is 0.232 e. The van der Waals surface area contributed by atoms with E-state index in [0.717, 1.165) is 54.9 Å². The van der Waals surface area contributed by atoms with Gasteiger partial charge in [-0.15, -0.1) is 0 Å². The summed E-state index contributed by atoms with van der Waals surface area (Å²) in [5.74, 6) is 1.00. The molecule has 0 unspecified atom stereocenters. The molecule has 5 nitrogen and oxygen atoms in total. The number of methoxy groups -OCH3 is 1. The molecular weight excluding hydrogens is 302 g/mol. The Labute approximate surface area is 143 Å². The minimum absolute atomic E-state index is 0.196. The Morgan fingerprint density at radius 1 is 1.25 bits per heavy atom. The van der Waals surface area contributed by atoms with Crippen molar-refractivity contribution in [3.8, 4) is 5.75 Å². The molecule has 1 N–H and O–H groups in total. The van der Waals surface area contributed by atoms with Crippen LogP contribution in [0.2, 0.25) is 0 Å². The van der Waals surface area contributed by atoms with E-state index in [1.54, 1.807) is 7.11 Å². The van der Waals surface area contributed by atoms with Gasteiger partial charge in [-0.2, -0.15) is 0 Å². The van der Waals surface area contributed by atoms with Crippen LogP contribution in [-0.2, 0) is 10.2 Å². The highest BCUT2D eigenvalue weighted by molar-refractivity contribution is 5.95. The summed E-state index contributed by atoms with van der Waals surface area (Å²) in [5.41, 5.74) is 1.49. The molecule has 0 saturated carbocycles. The number of fused-ring (bicyclic) bond motifs is 1. The monoisotopic (exact) mass is 329 g/mol. The zero-order chi connectivity index (χ0) is 17.3. The average Bonchev–Trinajstić information content (AvgIpc) is 3.04. The Morgan fingerprint density at radius 2 is 1.96 bits per heavy atom. The van der Waals surface area contributed by atoms with E-state index in [0.29, 0.717) is 0 Å². The summed E-state index contributed by atoms with van der Waals surface area (Å²) in [5, 5.41) is 1.06. The van der Waals surface area contributed by atoms with Crippen LogP contribution in [0.4, 0.5) is 0 Å². The average molecular weight is 329 g/mol. The summed E-state index contributed by atoms with van der Waals surface area (Å²) in [6.45, 7) is 10.8. The lowest BCUT2D eigenvalue weighted by molar-refractivity contribution is -0.138. The number of rotatable bonds is 4. The van der Waals surface area contributed by atoms with Crippen molar-refractivity contribution in [1.82, 2.24) is 14.8 Å². The molecule has 0 radical (unpaired) electrons. The van der Waals surface area contributed by atoms with Crippen LogP contribution in [-0.4, -0.2) is 60.5 Å². The number of hydrogen-bond donors (Lipinski definition) is 1. The molecule has 2 heterocycles. The van der Waals surface area contributed by atoms with Gasteiger partial charge in [0, 0.05) is 43.3 Å². The van der Waals surface area contributed by atoms with Gasteiger partial charge in [0.25, 0.3) is 0 Å². The Bertz CT molecular complexity index is 727. The van der Waals surface area contributed by atoms with Gasteiger partial charge < -0.3 is 19.5 Å². The van der Waals surface area contributed by atoms with Crippen molar-refractivity contribution < 1.29 is 9.53 Å². The predicted octanol–water partition coefficient (Wildman–Crippen LogP) is 2.62. The van der Waals surface area contributed by atoms with Gasteiger partial charge in [-0.1, -0.05) is 6.92 Å². The van der Waals surface area contributed by atoms with Crippen LogP contribution < -0.4 is 4.74 Å². The number of nitrogens with zero attached hydrogens (tertiary/aromatic N) is 2. The van der Waals surface area contributed by atoms with E-state index in [4.69, 9.17) is 4.74 Å². The summed E-state index contributed by atoms with van der Waals surface area (Å²) in [6, 6.07) is 5.94. The Kier molecular flexibility index (Phi) is 4.54. The van der Waals surface area contributed by atoms with E-state index in [1.165, 1.54) is 0 Å². The molecule has 1 saturated heterocycles. The van der Waals surface area contributed by atoms with Crippen molar-refractivity contribution >= 4 is 16.8 Å². The molecule has 1 aromatic carbocycles. The molecule has 1 aliphatic rings. The highest BCUT2D eigenvalue weighted by atomic mass is 16.5. The zero-order valence-corrected chi connectivity index (χ0v) is 15.1. The molecule has 0 spiro atoms. The van der Waals surface area contributed by atoms with Gasteiger partial charge in [-0.3, -0.25) is 4.79 Å². The Balaban J connectivity index is 1.88. The minimum Gasteiger partial charge on any atom is -0.497 e. The van der Waals surface area contributed by atoms with Crippen LogP contribution in [0.25, 0.3) is 10.9 Å². The highest BCUT2D eigenvalue weighted by Crippen LogP contribution is 2.34. The summed E-state index contributed by atoms with van der Waals surface area (Å²) in [7, 11) is 1.66. The van der Waals surface area contributed by atoms with E-state index in [2.05, 4.69) is 16.8 Å². The number of benzene rings is 1. The van der Waals surface area contributed by atoms with Crippen LogP contribution in [0.1, 0.15) is 26.3 Å². The maximum atomic E-state index is 13.2. The number of aromatic nitrogens is 1. The number of carbonyl (C=O) groups is 1. The number of ether oxygens (including phenoxy) is 1. The number of hydrogen-bond acceptors (Lipinski definition) is 3. The van der Waals surface area contributed by atoms with Crippen molar-refractivity contribution in [1.29, 1.82) is 0 Å². The van der Waals surface area contributed by atoms with E-state index < -0.39 is 5.41 Å². The lowest BCUT2D eigenvalue weighted by Crippen LogP contribution is -2.53. The number of H-pyrrole nitrogens is 1. The molecule has 24 heavy (non-hydrogen) atoms. The number of nitrogens with one attached hydrogen (secondary N) is 1. The molecule has 3 rings (SSSR count). The van der Waals surface area contributed by atoms with Crippen LogP contribution in [0.3, 0.4) is 0 Å². The highest BCUT2D eigenvalue weighted by Gasteiger charge is 2.36. The largest absolute Gasteiger partial charge is 0.497 e. The van der Waals surface area contributed by atoms with Gasteiger partial charge in [0.15, 0.2) is 0 Å². The number of carbonyl (C=O) groups excluding carboxylic acids is 1. The molecule has 1 fully saturated rings. The van der Waals surface area contributed by atoms with Gasteiger partial charge in [0.2, 0.25) is 5.91 Å². The van der Waals surface area contributed by atoms with E-state index in [-0.39, 0.29) is 5.91 Å². The van der Waals surface area contributed by atoms with Gasteiger partial charge in [0.05, 0.1) is 12.5 Å². The molecule has 1 aromatic heterocycles. The van der Waals surface area contributed by atoms with Crippen LogP contribution in [0.15, 0.2) is 24.4 Å². The number of piperazine rings is 1. The third kappa shape index (κ3) is 2.88. The zero-order valence-electron chi connectivity index (χ0n) is 15.1. The van der Waals surface area contributed by atoms with Gasteiger partial charge in [-0.05, 0) is 44.2 Å². The molecule has 0 aliphatic carbocycles. The molecule has 1 amide bonds. The number of likely N-dealkylation sites (N-methyl/N-ethyl adjacent to an activating group) is 1. The van der Waals surface area contributed by atoms with Crippen LogP contribution >= 0.6 is 0 Å². The van der Waals surface area contributed by atoms with Crippen molar-refractivity contribution in [2.24, 2.45) is 0 Å². The summed E-state index contributed by atoms with van der Waals surface area (Å²) in [4.78, 5) is 20.8. The van der Waals surface area contributed by atoms with Crippen molar-refractivity contribution in [3.05, 3.63) is 30.0 Å². The second-order valence-corrected chi connectivity index (χ2v) is 6.97. The van der Waals surface area contributed by atoms with Crippen molar-refractivity contribution in [2.75, 3.05) is 39.8 Å². The van der Waals surface area contributed by atoms with Crippen LogP contribution in [0, 0.1) is 0 Å². The first-order valence-electron chi connectivity index (χ1n) is 8.64. The first-order valence-corrected chi connectivity index (χ1v) is 8.64. The number of aromatic amines is 1. The third-order valence-corrected chi connectivity index (χ3v) is 5.20. The Morgan fingerprint density at radius 3 is 2.58 bits per heavy atom. The third-order valence-electron chi connectivity index (χ3n) is 5.20. The second kappa shape index (κ2) is 6.48. The fourth-order valence-electron chi connectivity index (χ4n) is 3.52. The summed E-state index contributed by atoms with van der Waals surface area (Å²) < 4.78 is 5.35. The molecule has 5 heteroatoms. The lowest BCUT2D eigenvalue weighted by Gasteiger charge is -2.38.